The van der Waals surface area contributed by atoms with Gasteiger partial charge in [-0.1, -0.05) is 66.2 Å². The first-order valence-electron chi connectivity index (χ1n) is 13.9. The standard InChI is InChI=1S/C36H27Cl2N3/c1-22-8-5-13-26(16-22)35-39-34(23-9-3-2-4-10-23)40-36(41-35)27-14-6-11-24(17-27)30-15-7-12-25-19-31-28(21-37)18-29(38)20-32(31)33(25)30/h2-6,9-14,17-18,20H,7,15-16,19,21H2,1H3. The molecule has 0 radical (unpaired) electrons. The molecule has 0 aliphatic heterocycles. The summed E-state index contributed by atoms with van der Waals surface area (Å²) in [5, 5.41) is 0.731. The molecule has 3 aliphatic carbocycles. The molecular formula is C36H27Cl2N3. The van der Waals surface area contributed by atoms with Crippen molar-refractivity contribution in [2.75, 3.05) is 0 Å². The van der Waals surface area contributed by atoms with Crippen molar-refractivity contribution >= 4 is 39.9 Å². The number of hydrogen-bond donors (Lipinski definition) is 0. The normalized spacial score (nSPS) is 15.7. The predicted octanol–water partition coefficient (Wildman–Crippen LogP) is 9.67. The molecule has 0 spiro atoms. The number of nitrogens with zero attached hydrogens (tertiary/aromatic N) is 3. The average Bonchev–Trinajstić information content (AvgIpc) is 3.39. The Bertz CT molecular complexity index is 1870. The van der Waals surface area contributed by atoms with Crippen LogP contribution in [0, 0.1) is 0 Å². The first-order chi connectivity index (χ1) is 20.1. The number of rotatable bonds is 5. The van der Waals surface area contributed by atoms with E-state index in [1.54, 1.807) is 0 Å². The Labute approximate surface area is 250 Å². The van der Waals surface area contributed by atoms with Crippen molar-refractivity contribution in [3.63, 3.8) is 0 Å². The average molecular weight is 573 g/mol. The third-order valence-corrected chi connectivity index (χ3v) is 8.50. The van der Waals surface area contributed by atoms with Crippen LogP contribution in [0.5, 0.6) is 0 Å². The topological polar surface area (TPSA) is 38.7 Å². The van der Waals surface area contributed by atoms with Gasteiger partial charge >= 0.3 is 0 Å². The lowest BCUT2D eigenvalue weighted by Gasteiger charge is -2.19. The second-order valence-electron chi connectivity index (χ2n) is 10.7. The Morgan fingerprint density at radius 1 is 0.805 bits per heavy atom. The number of fused-ring (bicyclic) bond motifs is 3. The van der Waals surface area contributed by atoms with E-state index < -0.39 is 0 Å². The lowest BCUT2D eigenvalue weighted by atomic mass is 9.86. The minimum Gasteiger partial charge on any atom is -0.209 e. The molecule has 0 amide bonds. The van der Waals surface area contributed by atoms with Crippen molar-refractivity contribution in [2.24, 2.45) is 0 Å². The van der Waals surface area contributed by atoms with E-state index in [2.05, 4.69) is 55.1 Å². The molecule has 7 rings (SSSR count). The molecule has 200 valence electrons. The van der Waals surface area contributed by atoms with Gasteiger partial charge < -0.3 is 0 Å². The van der Waals surface area contributed by atoms with Crippen molar-refractivity contribution in [1.29, 1.82) is 0 Å². The van der Waals surface area contributed by atoms with Gasteiger partial charge in [-0.05, 0) is 101 Å². The first kappa shape index (κ1) is 25.9. The quantitative estimate of drug-likeness (QED) is 0.177. The molecule has 0 atom stereocenters. The lowest BCUT2D eigenvalue weighted by molar-refractivity contribution is 1.01. The van der Waals surface area contributed by atoms with E-state index in [4.69, 9.17) is 38.2 Å². The van der Waals surface area contributed by atoms with Gasteiger partial charge in [-0.3, -0.25) is 0 Å². The van der Waals surface area contributed by atoms with Gasteiger partial charge in [0.05, 0.1) is 0 Å². The highest BCUT2D eigenvalue weighted by Gasteiger charge is 2.29. The molecule has 1 aromatic heterocycles. The lowest BCUT2D eigenvalue weighted by Crippen LogP contribution is -2.04. The van der Waals surface area contributed by atoms with Crippen molar-refractivity contribution < 1.29 is 0 Å². The zero-order valence-electron chi connectivity index (χ0n) is 22.7. The van der Waals surface area contributed by atoms with Crippen molar-refractivity contribution in [3.8, 4) is 22.8 Å². The third kappa shape index (κ3) is 4.91. The summed E-state index contributed by atoms with van der Waals surface area (Å²) in [6.07, 6.45) is 10.0. The highest BCUT2D eigenvalue weighted by atomic mass is 35.5. The van der Waals surface area contributed by atoms with Crippen LogP contribution < -0.4 is 0 Å². The predicted molar refractivity (Wildman–Crippen MR) is 169 cm³/mol. The molecule has 3 nitrogen and oxygen atoms in total. The maximum Gasteiger partial charge on any atom is 0.164 e. The minimum atomic E-state index is 0.460. The summed E-state index contributed by atoms with van der Waals surface area (Å²) in [5.41, 5.74) is 16.3. The maximum absolute atomic E-state index is 6.56. The van der Waals surface area contributed by atoms with E-state index in [0.29, 0.717) is 23.4 Å². The number of alkyl halides is 1. The summed E-state index contributed by atoms with van der Waals surface area (Å²) in [6, 6.07) is 22.8. The fourth-order valence-corrected chi connectivity index (χ4v) is 6.56. The van der Waals surface area contributed by atoms with Crippen LogP contribution >= 0.6 is 23.2 Å². The van der Waals surface area contributed by atoms with E-state index in [-0.39, 0.29) is 0 Å². The molecule has 1 heterocycles. The summed E-state index contributed by atoms with van der Waals surface area (Å²) in [7, 11) is 0. The first-order valence-corrected chi connectivity index (χ1v) is 14.8. The molecule has 4 aromatic rings. The van der Waals surface area contributed by atoms with Crippen LogP contribution in [0.4, 0.5) is 0 Å². The van der Waals surface area contributed by atoms with Crippen LogP contribution in [0.3, 0.4) is 0 Å². The van der Waals surface area contributed by atoms with E-state index >= 15 is 0 Å². The van der Waals surface area contributed by atoms with Gasteiger partial charge in [0.1, 0.15) is 0 Å². The molecular weight excluding hydrogens is 545 g/mol. The van der Waals surface area contributed by atoms with Crippen LogP contribution in [0.15, 0.2) is 102 Å². The van der Waals surface area contributed by atoms with E-state index in [1.165, 1.54) is 33.4 Å². The van der Waals surface area contributed by atoms with Gasteiger partial charge in [-0.15, -0.1) is 17.3 Å². The Morgan fingerprint density at radius 3 is 2.37 bits per heavy atom. The zero-order chi connectivity index (χ0) is 27.9. The fraction of sp³-hybridized carbons (Fsp3) is 0.167. The second kappa shape index (κ2) is 10.8. The second-order valence-corrected chi connectivity index (χ2v) is 11.4. The molecule has 0 unspecified atom stereocenters. The summed E-state index contributed by atoms with van der Waals surface area (Å²) in [6.45, 7) is 2.08. The van der Waals surface area contributed by atoms with Crippen LogP contribution in [0.2, 0.25) is 5.02 Å². The Morgan fingerprint density at radius 2 is 1.56 bits per heavy atom. The number of allylic oxidation sites excluding steroid dienone is 7. The van der Waals surface area contributed by atoms with Gasteiger partial charge in [0.15, 0.2) is 17.5 Å². The number of halogens is 2. The van der Waals surface area contributed by atoms with Crippen molar-refractivity contribution in [3.05, 3.63) is 135 Å². The van der Waals surface area contributed by atoms with Crippen LogP contribution in [-0.2, 0) is 12.3 Å². The third-order valence-electron chi connectivity index (χ3n) is 7.99. The monoisotopic (exact) mass is 571 g/mol. The molecule has 5 heteroatoms. The Hall–Kier alpha value is -4.01. The molecule has 0 bridgehead atoms. The van der Waals surface area contributed by atoms with Gasteiger partial charge in [0, 0.05) is 34.0 Å². The number of aromatic nitrogens is 3. The summed E-state index contributed by atoms with van der Waals surface area (Å²) in [5.74, 6) is 2.51. The summed E-state index contributed by atoms with van der Waals surface area (Å²) >= 11 is 12.9. The van der Waals surface area contributed by atoms with Gasteiger partial charge in [-0.2, -0.15) is 0 Å². The SMILES string of the molecule is CC1=C=CC=C(c2nc(-c3ccccc3)nc(-c3cccc(C4=C5C(=CCC4)Cc4c(CCl)cc(Cl)cc45)c3)n2)C1. The Balaban J connectivity index is 1.37. The Kier molecular flexibility index (Phi) is 6.80. The molecule has 41 heavy (non-hydrogen) atoms. The maximum atomic E-state index is 6.56. The van der Waals surface area contributed by atoms with E-state index in [1.807, 2.05) is 42.5 Å². The molecule has 0 saturated carbocycles. The van der Waals surface area contributed by atoms with Gasteiger partial charge in [0.25, 0.3) is 0 Å². The smallest absolute Gasteiger partial charge is 0.164 e. The molecule has 0 saturated heterocycles. The summed E-state index contributed by atoms with van der Waals surface area (Å²) in [4.78, 5) is 14.9. The molecule has 0 N–H and O–H groups in total. The van der Waals surface area contributed by atoms with E-state index in [9.17, 15) is 0 Å². The highest BCUT2D eigenvalue weighted by molar-refractivity contribution is 6.31. The fourth-order valence-electron chi connectivity index (χ4n) is 6.08. The number of benzene rings is 3. The van der Waals surface area contributed by atoms with Crippen molar-refractivity contribution in [1.82, 2.24) is 15.0 Å². The van der Waals surface area contributed by atoms with Crippen molar-refractivity contribution in [2.45, 2.75) is 38.5 Å². The number of hydrogen-bond acceptors (Lipinski definition) is 3. The zero-order valence-corrected chi connectivity index (χ0v) is 24.2. The molecule has 3 aliphatic rings. The molecule has 0 fully saturated rings. The largest absolute Gasteiger partial charge is 0.209 e. The van der Waals surface area contributed by atoms with Gasteiger partial charge in [-0.25, -0.2) is 15.0 Å². The van der Waals surface area contributed by atoms with Crippen LogP contribution in [-0.4, -0.2) is 15.0 Å². The van der Waals surface area contributed by atoms with Crippen LogP contribution in [0.25, 0.3) is 39.5 Å². The van der Waals surface area contributed by atoms with E-state index in [0.717, 1.165) is 58.5 Å². The minimum absolute atomic E-state index is 0.460. The van der Waals surface area contributed by atoms with Gasteiger partial charge in [0.2, 0.25) is 0 Å². The molecule has 3 aromatic carbocycles. The van der Waals surface area contributed by atoms with Crippen LogP contribution in [0.1, 0.15) is 54.3 Å². The highest BCUT2D eigenvalue weighted by Crippen LogP contribution is 2.48. The summed E-state index contributed by atoms with van der Waals surface area (Å²) < 4.78 is 0.